The van der Waals surface area contributed by atoms with E-state index in [2.05, 4.69) is 37.9 Å². The highest BCUT2D eigenvalue weighted by molar-refractivity contribution is 9.10. The minimum Gasteiger partial charge on any atom is -0.198 e. The van der Waals surface area contributed by atoms with E-state index in [1.807, 2.05) is 0 Å². The maximum absolute atomic E-state index is 9.19. The van der Waals surface area contributed by atoms with Gasteiger partial charge in [0.15, 0.2) is 0 Å². The normalized spacial score (nSPS) is 88.5. The van der Waals surface area contributed by atoms with Crippen molar-refractivity contribution in [2.75, 3.05) is 0 Å². The fraction of sp³-hybridized carbons (Fsp3) is 0.900. The third-order valence-corrected chi connectivity index (χ3v) is 9.07. The molecule has 4 unspecified atom stereocenters. The van der Waals surface area contributed by atoms with Gasteiger partial charge in [0.25, 0.3) is 0 Å². The summed E-state index contributed by atoms with van der Waals surface area (Å²) in [6.45, 7) is 0. The Morgan fingerprint density at radius 1 is 0.923 bits per heavy atom. The van der Waals surface area contributed by atoms with Gasteiger partial charge in [0.05, 0.1) is 12.0 Å². The monoisotopic (exact) mass is 299 g/mol. The van der Waals surface area contributed by atoms with Crippen molar-refractivity contribution in [3.63, 3.8) is 0 Å². The first-order valence-corrected chi connectivity index (χ1v) is 6.54. The van der Waals surface area contributed by atoms with Crippen LogP contribution in [0.4, 0.5) is 0 Å². The molecule has 9 atom stereocenters. The lowest BCUT2D eigenvalue weighted by molar-refractivity contribution is -0.337. The summed E-state index contributed by atoms with van der Waals surface area (Å²) >= 11 is 7.82. The Bertz CT molecular complexity index is 392. The molecule has 6 fully saturated rings. The molecule has 6 saturated carbocycles. The van der Waals surface area contributed by atoms with Crippen molar-refractivity contribution in [1.29, 1.82) is 5.26 Å². The molecule has 0 aromatic carbocycles. The van der Waals surface area contributed by atoms with Gasteiger partial charge in [-0.25, -0.2) is 0 Å². The molecule has 3 heteroatoms. The first-order valence-electron chi connectivity index (χ1n) is 4.96. The van der Waals surface area contributed by atoms with Crippen molar-refractivity contribution in [1.82, 2.24) is 0 Å². The Morgan fingerprint density at radius 2 is 1.46 bits per heavy atom. The fourth-order valence-corrected chi connectivity index (χ4v) is 9.18. The van der Waals surface area contributed by atoms with E-state index >= 15 is 0 Å². The Balaban J connectivity index is 1.81. The van der Waals surface area contributed by atoms with Crippen LogP contribution in [0.3, 0.4) is 0 Å². The molecule has 0 aromatic heterocycles. The van der Waals surface area contributed by atoms with E-state index in [1.54, 1.807) is 0 Å². The van der Waals surface area contributed by atoms with Gasteiger partial charge >= 0.3 is 0 Å². The summed E-state index contributed by atoms with van der Waals surface area (Å²) in [4.78, 5) is 0. The molecular formula is C10H7Br2N. The summed E-state index contributed by atoms with van der Waals surface area (Å²) < 4.78 is 0.817. The topological polar surface area (TPSA) is 23.8 Å². The molecule has 1 nitrogen and oxygen atoms in total. The zero-order chi connectivity index (χ0) is 8.75. The third kappa shape index (κ3) is 0.308. The number of hydrogen-bond acceptors (Lipinski definition) is 1. The summed E-state index contributed by atoms with van der Waals surface area (Å²) in [6, 6.07) is 2.55. The van der Waals surface area contributed by atoms with Crippen molar-refractivity contribution in [2.24, 2.45) is 41.4 Å². The number of nitrogens with zero attached hydrogens (tertiary/aromatic N) is 1. The van der Waals surface area contributed by atoms with Gasteiger partial charge in [-0.2, -0.15) is 5.26 Å². The molecule has 6 aliphatic rings. The predicted molar refractivity (Wildman–Crippen MR) is 53.4 cm³/mol. The summed E-state index contributed by atoms with van der Waals surface area (Å²) in [5.41, 5.74) is 0. The SMILES string of the molecule is N#C[C@H]1C2[C@@H]3[C@@H]4C5[C@H]([C@H]2C53Br)C14Br. The van der Waals surface area contributed by atoms with Crippen molar-refractivity contribution < 1.29 is 0 Å². The Morgan fingerprint density at radius 3 is 1.92 bits per heavy atom. The molecule has 6 rings (SSSR count). The van der Waals surface area contributed by atoms with Crippen molar-refractivity contribution in [3.05, 3.63) is 0 Å². The average molecular weight is 301 g/mol. The highest BCUT2D eigenvalue weighted by atomic mass is 79.9. The maximum atomic E-state index is 9.19. The van der Waals surface area contributed by atoms with Crippen LogP contribution in [0.1, 0.15) is 0 Å². The number of alkyl halides is 2. The smallest absolute Gasteiger partial charge is 0.0673 e. The summed E-state index contributed by atoms with van der Waals surface area (Å²) in [5, 5.41) is 9.19. The van der Waals surface area contributed by atoms with E-state index in [4.69, 9.17) is 0 Å². The molecule has 0 aromatic rings. The van der Waals surface area contributed by atoms with E-state index in [9.17, 15) is 5.26 Å². The molecule has 0 N–H and O–H groups in total. The van der Waals surface area contributed by atoms with E-state index < -0.39 is 0 Å². The standard InChI is InChI=1S/C10H7Br2N/c11-9-2(1-13)3-4-6(9)8-7(9)5(3)10(4,8)12/h2-8H/t2-,3?,4-,5+,6-,7+,8?,9?,10?/m0/s1. The van der Waals surface area contributed by atoms with E-state index in [0.29, 0.717) is 10.2 Å². The quantitative estimate of drug-likeness (QED) is 0.629. The van der Waals surface area contributed by atoms with Gasteiger partial charge in [-0.1, -0.05) is 31.9 Å². The molecule has 0 radical (unpaired) electrons. The van der Waals surface area contributed by atoms with E-state index in [1.165, 1.54) is 0 Å². The van der Waals surface area contributed by atoms with Crippen molar-refractivity contribution >= 4 is 31.9 Å². The molecule has 66 valence electrons. The van der Waals surface area contributed by atoms with Crippen LogP contribution in [0.2, 0.25) is 0 Å². The minimum atomic E-state index is 0.280. The molecule has 13 heavy (non-hydrogen) atoms. The van der Waals surface area contributed by atoms with Crippen LogP contribution in [0, 0.1) is 52.8 Å². The van der Waals surface area contributed by atoms with Gasteiger partial charge in [-0.05, 0) is 35.5 Å². The second-order valence-electron chi connectivity index (χ2n) is 5.47. The molecule has 0 spiro atoms. The Labute approximate surface area is 93.1 Å². The second kappa shape index (κ2) is 1.38. The van der Waals surface area contributed by atoms with Gasteiger partial charge in [0.1, 0.15) is 0 Å². The summed E-state index contributed by atoms with van der Waals surface area (Å²) in [5.74, 6) is 5.46. The lowest BCUT2D eigenvalue weighted by Crippen LogP contribution is -2.93. The summed E-state index contributed by atoms with van der Waals surface area (Å²) in [7, 11) is 0. The number of hydrogen-bond donors (Lipinski definition) is 0. The number of rotatable bonds is 0. The van der Waals surface area contributed by atoms with Gasteiger partial charge in [-0.3, -0.25) is 0 Å². The van der Waals surface area contributed by atoms with Crippen LogP contribution in [0.25, 0.3) is 0 Å². The van der Waals surface area contributed by atoms with Crippen LogP contribution in [-0.4, -0.2) is 8.65 Å². The van der Waals surface area contributed by atoms with Gasteiger partial charge in [-0.15, -0.1) is 0 Å². The van der Waals surface area contributed by atoms with Gasteiger partial charge < -0.3 is 0 Å². The van der Waals surface area contributed by atoms with E-state index in [-0.39, 0.29) is 4.32 Å². The molecule has 6 aliphatic carbocycles. The maximum Gasteiger partial charge on any atom is 0.0673 e. The van der Waals surface area contributed by atoms with Gasteiger partial charge in [0, 0.05) is 8.65 Å². The molecular weight excluding hydrogens is 294 g/mol. The number of halogens is 2. The fourth-order valence-electron chi connectivity index (χ4n) is 5.89. The number of nitriles is 1. The van der Waals surface area contributed by atoms with Crippen molar-refractivity contribution in [3.8, 4) is 6.07 Å². The highest BCUT2D eigenvalue weighted by Crippen LogP contribution is 3.02. The van der Waals surface area contributed by atoms with Crippen LogP contribution in [-0.2, 0) is 0 Å². The predicted octanol–water partition coefficient (Wildman–Crippen LogP) is 2.16. The highest BCUT2D eigenvalue weighted by Gasteiger charge is 3.04. The Kier molecular flexibility index (Phi) is 0.724. The first kappa shape index (κ1) is 6.85. The Hall–Kier alpha value is 0.450. The zero-order valence-electron chi connectivity index (χ0n) is 6.74. The van der Waals surface area contributed by atoms with Crippen LogP contribution in [0.15, 0.2) is 0 Å². The van der Waals surface area contributed by atoms with Crippen LogP contribution >= 0.6 is 31.9 Å². The van der Waals surface area contributed by atoms with E-state index in [0.717, 1.165) is 35.5 Å². The largest absolute Gasteiger partial charge is 0.198 e. The third-order valence-electron chi connectivity index (χ3n) is 5.93. The lowest BCUT2D eigenvalue weighted by Gasteiger charge is -2.90. The lowest BCUT2D eigenvalue weighted by atomic mass is 9.20. The van der Waals surface area contributed by atoms with Crippen molar-refractivity contribution in [2.45, 2.75) is 8.65 Å². The zero-order valence-corrected chi connectivity index (χ0v) is 9.92. The molecule has 0 saturated heterocycles. The molecule has 2 bridgehead atoms. The van der Waals surface area contributed by atoms with Crippen LogP contribution < -0.4 is 0 Å². The minimum absolute atomic E-state index is 0.280. The summed E-state index contributed by atoms with van der Waals surface area (Å²) in [6.07, 6.45) is 0. The first-order chi connectivity index (χ1) is 6.18. The molecule has 0 aliphatic heterocycles. The second-order valence-corrected chi connectivity index (χ2v) is 8.21. The molecule has 0 amide bonds. The average Bonchev–Trinajstić information content (AvgIpc) is 2.28. The molecule has 0 heterocycles. The van der Waals surface area contributed by atoms with Gasteiger partial charge in [0.2, 0.25) is 0 Å². The van der Waals surface area contributed by atoms with Crippen LogP contribution in [0.5, 0.6) is 0 Å².